The molecule has 0 spiro atoms. The molecule has 1 atom stereocenters. The molecule has 5 heteroatoms. The summed E-state index contributed by atoms with van der Waals surface area (Å²) in [6, 6.07) is 1.39. The van der Waals surface area contributed by atoms with Crippen LogP contribution >= 0.6 is 0 Å². The molecule has 2 rings (SSSR count). The lowest BCUT2D eigenvalue weighted by molar-refractivity contribution is 0.0920. The molecule has 1 fully saturated rings. The summed E-state index contributed by atoms with van der Waals surface area (Å²) in [5, 5.41) is 6.12. The van der Waals surface area contributed by atoms with Crippen molar-refractivity contribution in [1.29, 1.82) is 0 Å². The lowest BCUT2D eigenvalue weighted by Crippen LogP contribution is -2.45. The van der Waals surface area contributed by atoms with Gasteiger partial charge in [-0.25, -0.2) is 4.39 Å². The van der Waals surface area contributed by atoms with E-state index in [0.717, 1.165) is 32.1 Å². The van der Waals surface area contributed by atoms with E-state index >= 15 is 0 Å². The molecule has 0 aliphatic carbocycles. The molecule has 0 bridgehead atoms. The molecule has 4 nitrogen and oxygen atoms in total. The van der Waals surface area contributed by atoms with E-state index in [1.165, 1.54) is 12.3 Å². The van der Waals surface area contributed by atoms with Gasteiger partial charge in [-0.2, -0.15) is 0 Å². The minimum absolute atomic E-state index is 0.0530. The Labute approximate surface area is 106 Å². The third kappa shape index (κ3) is 3.04. The van der Waals surface area contributed by atoms with Crippen molar-refractivity contribution in [2.75, 3.05) is 19.6 Å². The molecule has 2 N–H and O–H groups in total. The van der Waals surface area contributed by atoms with Crippen LogP contribution in [0.3, 0.4) is 0 Å². The molecule has 0 radical (unpaired) electrons. The molecule has 1 aromatic rings. The Kier molecular flexibility index (Phi) is 3.91. The van der Waals surface area contributed by atoms with Gasteiger partial charge in [0.25, 0.3) is 5.91 Å². The standard InChI is InChI=1S/C13H18FN3O/c1-13(4-2-5-16-8-13)9-17-12(18)10-3-6-15-7-11(10)14/h3,6-7,16H,2,4-5,8-9H2,1H3,(H,17,18). The van der Waals surface area contributed by atoms with Crippen molar-refractivity contribution in [3.63, 3.8) is 0 Å². The van der Waals surface area contributed by atoms with E-state index in [1.54, 1.807) is 0 Å². The average Bonchev–Trinajstić information content (AvgIpc) is 2.38. The van der Waals surface area contributed by atoms with Crippen LogP contribution < -0.4 is 10.6 Å². The number of carbonyl (C=O) groups is 1. The monoisotopic (exact) mass is 251 g/mol. The first-order chi connectivity index (χ1) is 8.61. The molecule has 1 saturated heterocycles. The van der Waals surface area contributed by atoms with Gasteiger partial charge >= 0.3 is 0 Å². The fourth-order valence-electron chi connectivity index (χ4n) is 2.22. The Bertz CT molecular complexity index is 430. The van der Waals surface area contributed by atoms with E-state index in [4.69, 9.17) is 0 Å². The Morgan fingerprint density at radius 3 is 3.17 bits per heavy atom. The average molecular weight is 251 g/mol. The minimum atomic E-state index is -0.582. The van der Waals surface area contributed by atoms with Crippen LogP contribution in [0.2, 0.25) is 0 Å². The molecular weight excluding hydrogens is 233 g/mol. The highest BCUT2D eigenvalue weighted by Gasteiger charge is 2.27. The lowest BCUT2D eigenvalue weighted by atomic mass is 9.83. The van der Waals surface area contributed by atoms with Crippen LogP contribution in [0.5, 0.6) is 0 Å². The van der Waals surface area contributed by atoms with Crippen LogP contribution in [0.1, 0.15) is 30.1 Å². The molecule has 2 heterocycles. The maximum atomic E-state index is 13.4. The minimum Gasteiger partial charge on any atom is -0.351 e. The summed E-state index contributed by atoms with van der Waals surface area (Å²) >= 11 is 0. The summed E-state index contributed by atoms with van der Waals surface area (Å²) in [7, 11) is 0. The normalized spacial score (nSPS) is 23.7. The van der Waals surface area contributed by atoms with Gasteiger partial charge in [-0.3, -0.25) is 9.78 Å². The fourth-order valence-corrected chi connectivity index (χ4v) is 2.22. The molecule has 0 saturated carbocycles. The van der Waals surface area contributed by atoms with Gasteiger partial charge < -0.3 is 10.6 Å². The van der Waals surface area contributed by atoms with E-state index in [2.05, 4.69) is 22.5 Å². The van der Waals surface area contributed by atoms with Gasteiger partial charge in [0.1, 0.15) is 0 Å². The second-order valence-electron chi connectivity index (χ2n) is 5.13. The van der Waals surface area contributed by atoms with Crippen LogP contribution in [-0.4, -0.2) is 30.5 Å². The van der Waals surface area contributed by atoms with Gasteiger partial charge in [0.2, 0.25) is 0 Å². The van der Waals surface area contributed by atoms with Gasteiger partial charge in [0, 0.05) is 19.3 Å². The molecule has 1 aromatic heterocycles. The number of halogens is 1. The summed E-state index contributed by atoms with van der Waals surface area (Å²) in [4.78, 5) is 15.5. The summed E-state index contributed by atoms with van der Waals surface area (Å²) < 4.78 is 13.4. The summed E-state index contributed by atoms with van der Waals surface area (Å²) in [6.07, 6.45) is 4.65. The van der Waals surface area contributed by atoms with Gasteiger partial charge in [-0.15, -0.1) is 0 Å². The molecule has 98 valence electrons. The predicted octanol–water partition coefficient (Wildman–Crippen LogP) is 1.34. The fraction of sp³-hybridized carbons (Fsp3) is 0.538. The van der Waals surface area contributed by atoms with Crippen LogP contribution in [0.25, 0.3) is 0 Å². The molecule has 1 aliphatic rings. The number of carbonyl (C=O) groups excluding carboxylic acids is 1. The molecule has 1 unspecified atom stereocenters. The van der Waals surface area contributed by atoms with Gasteiger partial charge in [0.15, 0.2) is 5.82 Å². The van der Waals surface area contributed by atoms with E-state index in [0.29, 0.717) is 6.54 Å². The van der Waals surface area contributed by atoms with E-state index in [-0.39, 0.29) is 16.9 Å². The Morgan fingerprint density at radius 1 is 1.67 bits per heavy atom. The third-order valence-electron chi connectivity index (χ3n) is 3.38. The van der Waals surface area contributed by atoms with Crippen molar-refractivity contribution < 1.29 is 9.18 Å². The van der Waals surface area contributed by atoms with Crippen molar-refractivity contribution in [3.8, 4) is 0 Å². The molecule has 0 aromatic carbocycles. The SMILES string of the molecule is CC1(CNC(=O)c2ccncc2F)CCCNC1. The highest BCUT2D eigenvalue weighted by molar-refractivity contribution is 5.94. The topological polar surface area (TPSA) is 54.0 Å². The first kappa shape index (κ1) is 13.0. The Hall–Kier alpha value is -1.49. The van der Waals surface area contributed by atoms with Crippen molar-refractivity contribution in [3.05, 3.63) is 29.8 Å². The van der Waals surface area contributed by atoms with Gasteiger partial charge in [0.05, 0.1) is 11.8 Å². The quantitative estimate of drug-likeness (QED) is 0.852. The maximum Gasteiger partial charge on any atom is 0.254 e. The zero-order chi connectivity index (χ0) is 13.0. The van der Waals surface area contributed by atoms with Crippen LogP contribution in [0.15, 0.2) is 18.5 Å². The molecular formula is C13H18FN3O. The second-order valence-corrected chi connectivity index (χ2v) is 5.13. The highest BCUT2D eigenvalue weighted by Crippen LogP contribution is 2.24. The van der Waals surface area contributed by atoms with E-state index in [9.17, 15) is 9.18 Å². The zero-order valence-corrected chi connectivity index (χ0v) is 10.5. The maximum absolute atomic E-state index is 13.4. The van der Waals surface area contributed by atoms with Crippen LogP contribution in [0, 0.1) is 11.2 Å². The number of piperidine rings is 1. The number of amides is 1. The van der Waals surface area contributed by atoms with Crippen LogP contribution in [0.4, 0.5) is 4.39 Å². The number of hydrogen-bond acceptors (Lipinski definition) is 3. The smallest absolute Gasteiger partial charge is 0.254 e. The summed E-state index contributed by atoms with van der Waals surface area (Å²) in [6.45, 7) is 4.59. The number of aromatic nitrogens is 1. The van der Waals surface area contributed by atoms with E-state index in [1.807, 2.05) is 0 Å². The zero-order valence-electron chi connectivity index (χ0n) is 10.5. The Morgan fingerprint density at radius 2 is 2.50 bits per heavy atom. The largest absolute Gasteiger partial charge is 0.351 e. The molecule has 18 heavy (non-hydrogen) atoms. The molecule has 1 aliphatic heterocycles. The van der Waals surface area contributed by atoms with Crippen molar-refractivity contribution >= 4 is 5.91 Å². The van der Waals surface area contributed by atoms with Crippen molar-refractivity contribution in [2.45, 2.75) is 19.8 Å². The number of rotatable bonds is 3. The second kappa shape index (κ2) is 5.44. The number of nitrogens with zero attached hydrogens (tertiary/aromatic N) is 1. The number of pyridine rings is 1. The van der Waals surface area contributed by atoms with Crippen molar-refractivity contribution in [2.24, 2.45) is 5.41 Å². The predicted molar refractivity (Wildman–Crippen MR) is 66.7 cm³/mol. The first-order valence-corrected chi connectivity index (χ1v) is 6.19. The van der Waals surface area contributed by atoms with Gasteiger partial charge in [-0.1, -0.05) is 6.92 Å². The first-order valence-electron chi connectivity index (χ1n) is 6.19. The number of nitrogens with one attached hydrogen (secondary N) is 2. The van der Waals surface area contributed by atoms with Crippen LogP contribution in [-0.2, 0) is 0 Å². The summed E-state index contributed by atoms with van der Waals surface area (Å²) in [5.41, 5.74) is 0.106. The number of hydrogen-bond donors (Lipinski definition) is 2. The summed E-state index contributed by atoms with van der Waals surface area (Å²) in [5.74, 6) is -0.955. The van der Waals surface area contributed by atoms with Crippen molar-refractivity contribution in [1.82, 2.24) is 15.6 Å². The molecule has 1 amide bonds. The van der Waals surface area contributed by atoms with Gasteiger partial charge in [-0.05, 0) is 30.9 Å². The highest BCUT2D eigenvalue weighted by atomic mass is 19.1. The third-order valence-corrected chi connectivity index (χ3v) is 3.38. The Balaban J connectivity index is 1.94. The lowest BCUT2D eigenvalue weighted by Gasteiger charge is -2.34. The van der Waals surface area contributed by atoms with E-state index < -0.39 is 5.82 Å².